The maximum Gasteiger partial charge on any atom is 0.428 e. The van der Waals surface area contributed by atoms with Gasteiger partial charge in [0.2, 0.25) is 0 Å². The van der Waals surface area contributed by atoms with Gasteiger partial charge >= 0.3 is 12.1 Å². The number of benzene rings is 2. The van der Waals surface area contributed by atoms with Crippen molar-refractivity contribution in [1.82, 2.24) is 0 Å². The van der Waals surface area contributed by atoms with Crippen molar-refractivity contribution in [2.45, 2.75) is 17.2 Å². The van der Waals surface area contributed by atoms with Crippen molar-refractivity contribution < 1.29 is 49.6 Å². The third kappa shape index (κ3) is 5.31. The first-order chi connectivity index (χ1) is 17.3. The van der Waals surface area contributed by atoms with Crippen LogP contribution in [0.5, 0.6) is 5.75 Å². The molecule has 1 aliphatic carbocycles. The van der Waals surface area contributed by atoms with Crippen LogP contribution in [0, 0.1) is 11.7 Å². The molecule has 1 aliphatic heterocycles. The minimum Gasteiger partial charge on any atom is -0.492 e. The number of methoxy groups -OCH3 is 1. The third-order valence-electron chi connectivity index (χ3n) is 5.87. The number of sulfonamides is 1. The van der Waals surface area contributed by atoms with Gasteiger partial charge in [-0.15, -0.1) is 0 Å². The van der Waals surface area contributed by atoms with Gasteiger partial charge in [-0.1, -0.05) is 18.2 Å². The van der Waals surface area contributed by atoms with E-state index in [1.54, 1.807) is 0 Å². The van der Waals surface area contributed by atoms with E-state index < -0.39 is 60.8 Å². The Morgan fingerprint density at radius 1 is 1.22 bits per heavy atom. The van der Waals surface area contributed by atoms with E-state index in [1.807, 2.05) is 0 Å². The normalized spacial score (nSPS) is 18.5. The maximum atomic E-state index is 14.0. The van der Waals surface area contributed by atoms with Crippen molar-refractivity contribution in [3.8, 4) is 5.75 Å². The molecule has 1 heterocycles. The van der Waals surface area contributed by atoms with Gasteiger partial charge in [0, 0.05) is 5.92 Å². The lowest BCUT2D eigenvalue weighted by atomic mass is 10.00. The summed E-state index contributed by atoms with van der Waals surface area (Å²) in [4.78, 5) is 24.5. The Kier molecular flexibility index (Phi) is 7.01. The number of amides is 1. The molecule has 14 heteroatoms. The summed E-state index contributed by atoms with van der Waals surface area (Å²) in [5, 5.41) is 9.98. The number of carbonyl (C=O) groups is 2. The first-order valence-electron chi connectivity index (χ1n) is 10.8. The molecule has 0 bridgehead atoms. The second kappa shape index (κ2) is 9.76. The number of aromatic carboxylic acids is 1. The average Bonchev–Trinajstić information content (AvgIpc) is 3.61. The summed E-state index contributed by atoms with van der Waals surface area (Å²) in [5.41, 5.74) is -0.691. The number of carboxylic acid groups (broad SMARTS) is 1. The van der Waals surface area contributed by atoms with Gasteiger partial charge in [0.25, 0.3) is 20.1 Å². The van der Waals surface area contributed by atoms with Gasteiger partial charge in [0.15, 0.2) is 0 Å². The van der Waals surface area contributed by atoms with Gasteiger partial charge in [-0.3, -0.25) is 4.18 Å². The van der Waals surface area contributed by atoms with Crippen LogP contribution in [0.1, 0.15) is 33.8 Å². The van der Waals surface area contributed by atoms with Crippen LogP contribution in [0.15, 0.2) is 41.3 Å². The number of anilines is 1. The Morgan fingerprint density at radius 2 is 1.95 bits per heavy atom. The first kappa shape index (κ1) is 26.6. The highest BCUT2D eigenvalue weighted by Crippen LogP contribution is 2.55. The number of rotatable bonds is 8. The van der Waals surface area contributed by atoms with Crippen molar-refractivity contribution in [3.05, 3.63) is 58.9 Å². The van der Waals surface area contributed by atoms with Crippen LogP contribution < -0.4 is 9.04 Å². The predicted molar refractivity (Wildman–Crippen MR) is 128 cm³/mol. The van der Waals surface area contributed by atoms with E-state index in [4.69, 9.17) is 4.74 Å². The van der Waals surface area contributed by atoms with E-state index in [9.17, 15) is 35.9 Å². The van der Waals surface area contributed by atoms with Gasteiger partial charge in [0.1, 0.15) is 17.1 Å². The topological polar surface area (TPSA) is 154 Å². The minimum absolute atomic E-state index is 0.0231. The van der Waals surface area contributed by atoms with Crippen molar-refractivity contribution >= 4 is 44.0 Å². The summed E-state index contributed by atoms with van der Waals surface area (Å²) in [6, 6.07) is 5.29. The molecule has 0 radical (unpaired) electrons. The highest BCUT2D eigenvalue weighted by atomic mass is 32.2. The summed E-state index contributed by atoms with van der Waals surface area (Å²) in [5.74, 6) is -2.03. The molecule has 0 spiro atoms. The van der Waals surface area contributed by atoms with Crippen LogP contribution in [-0.4, -0.2) is 60.6 Å². The van der Waals surface area contributed by atoms with Gasteiger partial charge in [-0.25, -0.2) is 22.4 Å². The summed E-state index contributed by atoms with van der Waals surface area (Å²) < 4.78 is 79.0. The number of carboxylic acids is 1. The molecule has 1 amide bonds. The maximum absolute atomic E-state index is 14.0. The minimum atomic E-state index is -4.90. The lowest BCUT2D eigenvalue weighted by molar-refractivity contribution is 0.0692. The van der Waals surface area contributed by atoms with Crippen LogP contribution in [0.4, 0.5) is 14.9 Å². The summed E-state index contributed by atoms with van der Waals surface area (Å²) >= 11 is 0. The molecule has 0 saturated heterocycles. The Bertz CT molecular complexity index is 1520. The SMILES string of the molecule is COC(=O)N(c1ccc2c(c1C(=O)O)OC[C@@H]1C[C@H]21)S(=O)(=O)c1ccc(F)cc1/C=C\COS(C)(=O)=O. The highest BCUT2D eigenvalue weighted by molar-refractivity contribution is 7.93. The summed E-state index contributed by atoms with van der Waals surface area (Å²) in [7, 11) is -7.77. The molecule has 198 valence electrons. The molecule has 2 aromatic rings. The number of hydrogen-bond acceptors (Lipinski definition) is 9. The molecule has 1 fully saturated rings. The second-order valence-corrected chi connectivity index (χ2v) is 11.8. The van der Waals surface area contributed by atoms with E-state index in [-0.39, 0.29) is 34.1 Å². The van der Waals surface area contributed by atoms with Crippen LogP contribution in [0.3, 0.4) is 0 Å². The molecular weight excluding hydrogens is 533 g/mol. The molecule has 2 atom stereocenters. The number of hydrogen-bond donors (Lipinski definition) is 1. The monoisotopic (exact) mass is 555 g/mol. The molecule has 37 heavy (non-hydrogen) atoms. The average molecular weight is 556 g/mol. The molecule has 2 aromatic carbocycles. The Morgan fingerprint density at radius 3 is 2.59 bits per heavy atom. The Hall–Kier alpha value is -3.49. The van der Waals surface area contributed by atoms with Crippen LogP contribution >= 0.6 is 0 Å². The first-order valence-corrected chi connectivity index (χ1v) is 14.1. The quantitative estimate of drug-likeness (QED) is 0.481. The number of nitrogens with zero attached hydrogens (tertiary/aromatic N) is 1. The van der Waals surface area contributed by atoms with Crippen molar-refractivity contribution in [3.63, 3.8) is 0 Å². The van der Waals surface area contributed by atoms with Gasteiger partial charge < -0.3 is 14.6 Å². The lowest BCUT2D eigenvalue weighted by Gasteiger charge is -2.26. The van der Waals surface area contributed by atoms with Gasteiger partial charge in [-0.2, -0.15) is 12.7 Å². The smallest absolute Gasteiger partial charge is 0.428 e. The fourth-order valence-electron chi connectivity index (χ4n) is 4.14. The molecule has 4 rings (SSSR count). The van der Waals surface area contributed by atoms with E-state index in [0.717, 1.165) is 50.1 Å². The highest BCUT2D eigenvalue weighted by Gasteiger charge is 2.47. The van der Waals surface area contributed by atoms with E-state index in [0.29, 0.717) is 5.56 Å². The van der Waals surface area contributed by atoms with Crippen LogP contribution in [0.2, 0.25) is 0 Å². The van der Waals surface area contributed by atoms with Crippen molar-refractivity contribution in [1.29, 1.82) is 0 Å². The van der Waals surface area contributed by atoms with E-state index in [2.05, 4.69) is 8.92 Å². The third-order valence-corrected chi connectivity index (χ3v) is 8.19. The molecule has 1 saturated carbocycles. The largest absolute Gasteiger partial charge is 0.492 e. The van der Waals surface area contributed by atoms with E-state index >= 15 is 0 Å². The van der Waals surface area contributed by atoms with Gasteiger partial charge in [-0.05, 0) is 47.7 Å². The lowest BCUT2D eigenvalue weighted by Crippen LogP contribution is -2.38. The molecule has 0 aromatic heterocycles. The van der Waals surface area contributed by atoms with Gasteiger partial charge in [0.05, 0.1) is 37.2 Å². The zero-order valence-electron chi connectivity index (χ0n) is 19.6. The molecule has 2 aliphatic rings. The second-order valence-electron chi connectivity index (χ2n) is 8.41. The Balaban J connectivity index is 1.85. The Labute approximate surface area is 212 Å². The molecule has 1 N–H and O–H groups in total. The summed E-state index contributed by atoms with van der Waals surface area (Å²) in [6.45, 7) is -0.210. The zero-order valence-corrected chi connectivity index (χ0v) is 21.2. The van der Waals surface area contributed by atoms with Crippen LogP contribution in [0.25, 0.3) is 6.08 Å². The summed E-state index contributed by atoms with van der Waals surface area (Å²) in [6.07, 6.45) is 2.44. The van der Waals surface area contributed by atoms with Crippen LogP contribution in [-0.2, 0) is 29.1 Å². The predicted octanol–water partition coefficient (Wildman–Crippen LogP) is 2.97. The zero-order chi connectivity index (χ0) is 27.1. The molecular formula is C23H22FNO10S2. The number of carbonyl (C=O) groups excluding carboxylic acids is 1. The molecule has 11 nitrogen and oxygen atoms in total. The number of halogens is 1. The van der Waals surface area contributed by atoms with Crippen molar-refractivity contribution in [2.24, 2.45) is 5.92 Å². The number of fused-ring (bicyclic) bond motifs is 3. The fourth-order valence-corrected chi connectivity index (χ4v) is 6.01. The van der Waals surface area contributed by atoms with E-state index in [1.165, 1.54) is 12.1 Å². The van der Waals surface area contributed by atoms with Crippen molar-refractivity contribution in [2.75, 3.05) is 30.9 Å². The fraction of sp³-hybridized carbons (Fsp3) is 0.304. The number of ether oxygens (including phenoxy) is 2. The standard InChI is InChI=1S/C23H22FNO10S2/c1-33-23(28)25(18-7-6-16-17-11-14(17)12-34-21(16)20(18)22(26)27)37(31,32)19-8-5-15(24)10-13(19)4-3-9-35-36(2,29)30/h3-8,10,14,17H,9,11-12H2,1-2H3,(H,26,27)/b4-3-/t14-,17-/m0/s1. The molecule has 0 unspecified atom stereocenters.